The maximum atomic E-state index is 12.3. The number of hydrogen-bond acceptors (Lipinski definition) is 5. The van der Waals surface area contributed by atoms with Gasteiger partial charge in [-0.25, -0.2) is 9.78 Å². The van der Waals surface area contributed by atoms with Crippen LogP contribution in [0.3, 0.4) is 0 Å². The Morgan fingerprint density at radius 2 is 2.50 bits per heavy atom. The van der Waals surface area contributed by atoms with Gasteiger partial charge in [0.25, 0.3) is 0 Å². The highest BCUT2D eigenvalue weighted by atomic mass is 32.1. The van der Waals surface area contributed by atoms with Gasteiger partial charge in [-0.3, -0.25) is 4.84 Å². The lowest BCUT2D eigenvalue weighted by molar-refractivity contribution is -0.107. The number of rotatable bonds is 5. The normalized spacial score (nSPS) is 25.1. The zero-order valence-electron chi connectivity index (χ0n) is 10.8. The highest BCUT2D eigenvalue weighted by Gasteiger charge is 2.46. The number of carbonyl (C=O) groups is 1. The molecule has 2 amide bonds. The van der Waals surface area contributed by atoms with E-state index in [4.69, 9.17) is 4.84 Å². The molecule has 1 saturated heterocycles. The summed E-state index contributed by atoms with van der Waals surface area (Å²) in [4.78, 5) is 23.6. The fourth-order valence-corrected chi connectivity index (χ4v) is 3.26. The van der Waals surface area contributed by atoms with Crippen LogP contribution in [0.1, 0.15) is 5.01 Å². The highest BCUT2D eigenvalue weighted by Crippen LogP contribution is 2.35. The molecule has 0 spiro atoms. The summed E-state index contributed by atoms with van der Waals surface area (Å²) in [7, 11) is 0. The molecule has 2 atom stereocenters. The maximum Gasteiger partial charge on any atom is 0.345 e. The quantitative estimate of drug-likeness (QED) is 0.826. The molecule has 106 valence electrons. The van der Waals surface area contributed by atoms with E-state index in [0.717, 1.165) is 10.6 Å². The second-order valence-electron chi connectivity index (χ2n) is 4.57. The minimum atomic E-state index is -0.359. The Labute approximate surface area is 120 Å². The van der Waals surface area contributed by atoms with Crippen molar-refractivity contribution in [1.82, 2.24) is 14.9 Å². The largest absolute Gasteiger partial charge is 0.394 e. The zero-order valence-corrected chi connectivity index (χ0v) is 11.6. The molecule has 1 aromatic rings. The van der Waals surface area contributed by atoms with Gasteiger partial charge in [-0.1, -0.05) is 6.08 Å². The van der Waals surface area contributed by atoms with Crippen LogP contribution in [0.15, 0.2) is 30.3 Å². The Balaban J connectivity index is 1.93. The van der Waals surface area contributed by atoms with E-state index >= 15 is 0 Å². The molecule has 3 rings (SSSR count). The second kappa shape index (κ2) is 5.35. The number of aliphatic hydroxyl groups is 1. The topological polar surface area (TPSA) is 65.9 Å². The first-order valence-electron chi connectivity index (χ1n) is 6.32. The molecule has 0 radical (unpaired) electrons. The van der Waals surface area contributed by atoms with E-state index in [9.17, 15) is 9.90 Å². The van der Waals surface area contributed by atoms with Crippen molar-refractivity contribution in [3.63, 3.8) is 0 Å². The lowest BCUT2D eigenvalue weighted by Gasteiger charge is -2.29. The lowest BCUT2D eigenvalue weighted by Crippen LogP contribution is -2.42. The molecular weight excluding hydrogens is 278 g/mol. The van der Waals surface area contributed by atoms with Crippen LogP contribution in [0.2, 0.25) is 0 Å². The molecule has 2 aliphatic heterocycles. The van der Waals surface area contributed by atoms with Gasteiger partial charge < -0.3 is 10.0 Å². The summed E-state index contributed by atoms with van der Waals surface area (Å²) in [5.74, 6) is 0. The number of carbonyl (C=O) groups excluding carboxylic acids is 1. The Hall–Kier alpha value is -1.70. The number of urea groups is 1. The van der Waals surface area contributed by atoms with Crippen molar-refractivity contribution in [3.05, 3.63) is 35.3 Å². The molecule has 0 unspecified atom stereocenters. The first-order chi connectivity index (χ1) is 9.76. The fraction of sp³-hybridized carbons (Fsp3) is 0.385. The van der Waals surface area contributed by atoms with Crippen molar-refractivity contribution in [2.45, 2.75) is 12.1 Å². The summed E-state index contributed by atoms with van der Waals surface area (Å²) in [6, 6.07) is -0.731. The van der Waals surface area contributed by atoms with E-state index in [1.54, 1.807) is 17.2 Å². The summed E-state index contributed by atoms with van der Waals surface area (Å²) in [6.07, 6.45) is 5.28. The predicted octanol–water partition coefficient (Wildman–Crippen LogP) is 1.12. The monoisotopic (exact) mass is 293 g/mol. The number of aliphatic hydroxyl groups excluding tert-OH is 1. The van der Waals surface area contributed by atoms with Gasteiger partial charge in [0.05, 0.1) is 25.3 Å². The fourth-order valence-electron chi connectivity index (χ4n) is 2.55. The van der Waals surface area contributed by atoms with Crippen molar-refractivity contribution in [2.24, 2.45) is 0 Å². The average molecular weight is 293 g/mol. The Morgan fingerprint density at radius 3 is 3.15 bits per heavy atom. The SMILES string of the molecule is C=CCON1C(=O)N2C[C@H]1C=C(c1nccs1)[C@H]2CO. The summed E-state index contributed by atoms with van der Waals surface area (Å²) < 4.78 is 0. The molecule has 3 heterocycles. The van der Waals surface area contributed by atoms with Crippen LogP contribution in [0.25, 0.3) is 5.57 Å². The van der Waals surface area contributed by atoms with E-state index in [-0.39, 0.29) is 31.3 Å². The summed E-state index contributed by atoms with van der Waals surface area (Å²) >= 11 is 1.50. The van der Waals surface area contributed by atoms with Crippen LogP contribution >= 0.6 is 11.3 Å². The van der Waals surface area contributed by atoms with Crippen LogP contribution in [0.5, 0.6) is 0 Å². The molecule has 0 aliphatic carbocycles. The third-order valence-corrected chi connectivity index (χ3v) is 4.23. The van der Waals surface area contributed by atoms with Crippen molar-refractivity contribution in [1.29, 1.82) is 0 Å². The molecule has 2 bridgehead atoms. The molecular formula is C13H15N3O3S. The number of hydroxylamine groups is 2. The maximum absolute atomic E-state index is 12.3. The molecule has 6 nitrogen and oxygen atoms in total. The highest BCUT2D eigenvalue weighted by molar-refractivity contribution is 7.10. The van der Waals surface area contributed by atoms with Gasteiger partial charge >= 0.3 is 6.03 Å². The van der Waals surface area contributed by atoms with Gasteiger partial charge in [-0.05, 0) is 6.08 Å². The number of hydrogen-bond donors (Lipinski definition) is 1. The van der Waals surface area contributed by atoms with Gasteiger partial charge in [-0.2, -0.15) is 5.06 Å². The molecule has 1 N–H and O–H groups in total. The summed E-state index contributed by atoms with van der Waals surface area (Å²) in [6.45, 7) is 4.25. The van der Waals surface area contributed by atoms with Gasteiger partial charge in [-0.15, -0.1) is 17.9 Å². The van der Waals surface area contributed by atoms with Crippen molar-refractivity contribution in [3.8, 4) is 0 Å². The Bertz CT molecular complexity index is 543. The van der Waals surface area contributed by atoms with Crippen molar-refractivity contribution in [2.75, 3.05) is 19.8 Å². The van der Waals surface area contributed by atoms with E-state index in [1.165, 1.54) is 16.4 Å². The van der Waals surface area contributed by atoms with Gasteiger partial charge in [0, 0.05) is 23.7 Å². The first-order valence-corrected chi connectivity index (χ1v) is 7.20. The molecule has 1 aromatic heterocycles. The van der Waals surface area contributed by atoms with Crippen molar-refractivity contribution < 1.29 is 14.7 Å². The van der Waals surface area contributed by atoms with Crippen LogP contribution in [-0.4, -0.2) is 57.9 Å². The van der Waals surface area contributed by atoms with Gasteiger partial charge in [0.15, 0.2) is 0 Å². The second-order valence-corrected chi connectivity index (χ2v) is 5.46. The van der Waals surface area contributed by atoms with Crippen LogP contribution in [-0.2, 0) is 4.84 Å². The average Bonchev–Trinajstić information content (AvgIpc) is 3.07. The molecule has 0 aromatic carbocycles. The van der Waals surface area contributed by atoms with E-state index in [2.05, 4.69) is 11.6 Å². The molecule has 2 aliphatic rings. The summed E-state index contributed by atoms with van der Waals surface area (Å²) in [5, 5.41) is 13.7. The molecule has 7 heteroatoms. The standard InChI is InChI=1S/C13H15N3O3S/c1-2-4-19-16-9-6-10(12-14-3-5-20-12)11(8-17)15(7-9)13(16)18/h2-3,5-6,9,11,17H,1,4,7-8H2/t9-,11-/m1/s1. The molecule has 1 fully saturated rings. The Kier molecular flexibility index (Phi) is 3.56. The zero-order chi connectivity index (χ0) is 14.1. The molecule has 20 heavy (non-hydrogen) atoms. The number of amides is 2. The predicted molar refractivity (Wildman–Crippen MR) is 74.8 cm³/mol. The molecule has 0 saturated carbocycles. The Morgan fingerprint density at radius 1 is 1.65 bits per heavy atom. The van der Waals surface area contributed by atoms with Crippen LogP contribution in [0.4, 0.5) is 4.79 Å². The number of fused-ring (bicyclic) bond motifs is 2. The van der Waals surface area contributed by atoms with Crippen LogP contribution < -0.4 is 0 Å². The van der Waals surface area contributed by atoms with Crippen LogP contribution in [0, 0.1) is 0 Å². The number of nitrogens with zero attached hydrogens (tertiary/aromatic N) is 3. The van der Waals surface area contributed by atoms with Crippen molar-refractivity contribution >= 4 is 22.9 Å². The lowest BCUT2D eigenvalue weighted by atomic mass is 10.0. The minimum absolute atomic E-state index is 0.126. The first kappa shape index (κ1) is 13.3. The van der Waals surface area contributed by atoms with E-state index in [0.29, 0.717) is 6.54 Å². The third-order valence-electron chi connectivity index (χ3n) is 3.41. The third kappa shape index (κ3) is 2.04. The van der Waals surface area contributed by atoms with Gasteiger partial charge in [0.1, 0.15) is 5.01 Å². The minimum Gasteiger partial charge on any atom is -0.394 e. The van der Waals surface area contributed by atoms with Gasteiger partial charge in [0.2, 0.25) is 0 Å². The smallest absolute Gasteiger partial charge is 0.345 e. The number of thiazole rings is 1. The summed E-state index contributed by atoms with van der Waals surface area (Å²) in [5.41, 5.74) is 0.886. The van der Waals surface area contributed by atoms with E-state index in [1.807, 2.05) is 11.5 Å². The van der Waals surface area contributed by atoms with E-state index < -0.39 is 0 Å². The number of aromatic nitrogens is 1.